The van der Waals surface area contributed by atoms with Crippen molar-refractivity contribution in [2.45, 2.75) is 38.9 Å². The molecule has 0 aliphatic rings. The van der Waals surface area contributed by atoms with Gasteiger partial charge in [0.2, 0.25) is 0 Å². The summed E-state index contributed by atoms with van der Waals surface area (Å²) >= 11 is 0. The molecule has 16 heavy (non-hydrogen) atoms. The molecule has 0 saturated heterocycles. The number of anilines is 1. The number of hydrogen-bond donors (Lipinski definition) is 2. The van der Waals surface area contributed by atoms with Crippen LogP contribution in [0.5, 0.6) is 0 Å². The van der Waals surface area contributed by atoms with Gasteiger partial charge in [-0.2, -0.15) is 5.26 Å². The van der Waals surface area contributed by atoms with Crippen LogP contribution in [-0.2, 0) is 0 Å². The molecule has 2 N–H and O–H groups in total. The van der Waals surface area contributed by atoms with Gasteiger partial charge in [0.25, 0.3) is 0 Å². The zero-order valence-electron chi connectivity index (χ0n) is 10.1. The first-order valence-corrected chi connectivity index (χ1v) is 5.58. The van der Waals surface area contributed by atoms with Crippen molar-refractivity contribution in [3.05, 3.63) is 30.3 Å². The molecule has 0 fully saturated rings. The molecule has 0 aliphatic heterocycles. The molecule has 1 rings (SSSR count). The third kappa shape index (κ3) is 3.92. The Balaban J connectivity index is 2.61. The molecule has 0 amide bonds. The number of hydrogen-bond acceptors (Lipinski definition) is 3. The van der Waals surface area contributed by atoms with E-state index in [1.54, 1.807) is 0 Å². The summed E-state index contributed by atoms with van der Waals surface area (Å²) in [5, 5.41) is 15.6. The molecule has 0 aromatic heterocycles. The predicted octanol–water partition coefficient (Wildman–Crippen LogP) is 2.73. The maximum Gasteiger partial charge on any atom is 0.102 e. The molecule has 0 bridgehead atoms. The lowest BCUT2D eigenvalue weighted by Gasteiger charge is -2.27. The van der Waals surface area contributed by atoms with Crippen molar-refractivity contribution < 1.29 is 0 Å². The summed E-state index contributed by atoms with van der Waals surface area (Å²) in [5.74, 6) is 0. The number of nitrogens with zero attached hydrogens (tertiary/aromatic N) is 1. The second-order valence-electron chi connectivity index (χ2n) is 4.35. The second-order valence-corrected chi connectivity index (χ2v) is 4.35. The van der Waals surface area contributed by atoms with Crippen LogP contribution in [0.25, 0.3) is 0 Å². The fourth-order valence-electron chi connectivity index (χ4n) is 1.44. The number of para-hydroxylation sites is 1. The third-order valence-corrected chi connectivity index (χ3v) is 2.34. The van der Waals surface area contributed by atoms with Crippen molar-refractivity contribution in [3.8, 4) is 6.07 Å². The van der Waals surface area contributed by atoms with Crippen LogP contribution in [0.4, 0.5) is 5.69 Å². The van der Waals surface area contributed by atoms with E-state index in [0.717, 1.165) is 12.1 Å². The number of rotatable bonds is 5. The van der Waals surface area contributed by atoms with Crippen molar-refractivity contribution in [1.29, 1.82) is 5.26 Å². The van der Waals surface area contributed by atoms with Gasteiger partial charge in [0, 0.05) is 5.69 Å². The van der Waals surface area contributed by atoms with Crippen LogP contribution in [0.15, 0.2) is 30.3 Å². The smallest absolute Gasteiger partial charge is 0.102 e. The summed E-state index contributed by atoms with van der Waals surface area (Å²) in [5.41, 5.74) is 0.554. The van der Waals surface area contributed by atoms with Gasteiger partial charge in [-0.1, -0.05) is 25.1 Å². The van der Waals surface area contributed by atoms with Gasteiger partial charge in [-0.3, -0.25) is 5.32 Å². The van der Waals surface area contributed by atoms with E-state index in [9.17, 15) is 0 Å². The zero-order chi connectivity index (χ0) is 12.0. The number of nitriles is 1. The van der Waals surface area contributed by atoms with Gasteiger partial charge in [-0.15, -0.1) is 0 Å². The van der Waals surface area contributed by atoms with Crippen LogP contribution in [-0.4, -0.2) is 11.7 Å². The molecule has 86 valence electrons. The first-order valence-electron chi connectivity index (χ1n) is 5.58. The monoisotopic (exact) mass is 217 g/mol. The highest BCUT2D eigenvalue weighted by molar-refractivity contribution is 5.43. The van der Waals surface area contributed by atoms with E-state index < -0.39 is 5.54 Å². The summed E-state index contributed by atoms with van der Waals surface area (Å²) in [7, 11) is 0. The normalized spacial score (nSPS) is 12.9. The van der Waals surface area contributed by atoms with Crippen LogP contribution in [0.1, 0.15) is 27.2 Å². The minimum atomic E-state index is -0.511. The topological polar surface area (TPSA) is 47.8 Å². The molecule has 1 aromatic carbocycles. The summed E-state index contributed by atoms with van der Waals surface area (Å²) in [6, 6.07) is 12.2. The van der Waals surface area contributed by atoms with Gasteiger partial charge < -0.3 is 5.32 Å². The maximum absolute atomic E-state index is 8.96. The fourth-order valence-corrected chi connectivity index (χ4v) is 1.44. The lowest BCUT2D eigenvalue weighted by atomic mass is 10.1. The summed E-state index contributed by atoms with van der Waals surface area (Å²) < 4.78 is 0. The molecule has 3 heteroatoms. The van der Waals surface area contributed by atoms with Gasteiger partial charge in [0.1, 0.15) is 5.54 Å². The van der Waals surface area contributed by atoms with E-state index in [1.807, 2.05) is 44.2 Å². The third-order valence-electron chi connectivity index (χ3n) is 2.34. The van der Waals surface area contributed by atoms with Gasteiger partial charge in [-0.25, -0.2) is 0 Å². The van der Waals surface area contributed by atoms with Crippen LogP contribution in [0.3, 0.4) is 0 Å². The molecule has 0 radical (unpaired) electrons. The van der Waals surface area contributed by atoms with Gasteiger partial charge in [-0.05, 0) is 32.4 Å². The van der Waals surface area contributed by atoms with Crippen LogP contribution >= 0.6 is 0 Å². The minimum absolute atomic E-state index is 0.108. The van der Waals surface area contributed by atoms with Crippen LogP contribution < -0.4 is 10.6 Å². The highest BCUT2D eigenvalue weighted by Gasteiger charge is 2.20. The number of benzene rings is 1. The highest BCUT2D eigenvalue weighted by Crippen LogP contribution is 2.10. The zero-order valence-corrected chi connectivity index (χ0v) is 10.1. The van der Waals surface area contributed by atoms with Gasteiger partial charge in [0.15, 0.2) is 0 Å². The average Bonchev–Trinajstić information content (AvgIpc) is 2.29. The van der Waals surface area contributed by atoms with Crippen molar-refractivity contribution in [1.82, 2.24) is 5.32 Å². The highest BCUT2D eigenvalue weighted by atomic mass is 15.2. The van der Waals surface area contributed by atoms with Crippen LogP contribution in [0, 0.1) is 11.3 Å². The van der Waals surface area contributed by atoms with Gasteiger partial charge >= 0.3 is 0 Å². The summed E-state index contributed by atoms with van der Waals surface area (Å²) in [6.07, 6.45) is 1.03. The average molecular weight is 217 g/mol. The maximum atomic E-state index is 8.96. The largest absolute Gasteiger partial charge is 0.370 e. The molecule has 0 spiro atoms. The molecule has 0 heterocycles. The van der Waals surface area contributed by atoms with Crippen molar-refractivity contribution in [2.24, 2.45) is 0 Å². The van der Waals surface area contributed by atoms with E-state index in [0.29, 0.717) is 0 Å². The SMILES string of the molecule is CCC(Nc1ccccc1)NC(C)(C)C#N. The minimum Gasteiger partial charge on any atom is -0.370 e. The Morgan fingerprint density at radius 3 is 2.44 bits per heavy atom. The first kappa shape index (κ1) is 12.5. The Kier molecular flexibility index (Phi) is 4.33. The molecular formula is C13H19N3. The molecule has 3 nitrogen and oxygen atoms in total. The van der Waals surface area contributed by atoms with E-state index in [1.165, 1.54) is 0 Å². The van der Waals surface area contributed by atoms with Gasteiger partial charge in [0.05, 0.1) is 12.2 Å². The lowest BCUT2D eigenvalue weighted by Crippen LogP contribution is -2.48. The van der Waals surface area contributed by atoms with Crippen molar-refractivity contribution >= 4 is 5.69 Å². The predicted molar refractivity (Wildman–Crippen MR) is 67.0 cm³/mol. The van der Waals surface area contributed by atoms with E-state index in [4.69, 9.17) is 5.26 Å². The number of nitrogens with one attached hydrogen (secondary N) is 2. The molecule has 1 atom stereocenters. The summed E-state index contributed by atoms with van der Waals surface area (Å²) in [6.45, 7) is 5.84. The van der Waals surface area contributed by atoms with Crippen LogP contribution in [0.2, 0.25) is 0 Å². The van der Waals surface area contributed by atoms with E-state index in [-0.39, 0.29) is 6.17 Å². The summed E-state index contributed by atoms with van der Waals surface area (Å²) in [4.78, 5) is 0. The Morgan fingerprint density at radius 1 is 1.31 bits per heavy atom. The van der Waals surface area contributed by atoms with E-state index >= 15 is 0 Å². The van der Waals surface area contributed by atoms with Crippen molar-refractivity contribution in [2.75, 3.05) is 5.32 Å². The van der Waals surface area contributed by atoms with E-state index in [2.05, 4.69) is 23.6 Å². The Bertz CT molecular complexity index is 351. The molecule has 0 aliphatic carbocycles. The molecule has 1 unspecified atom stereocenters. The Hall–Kier alpha value is -1.53. The first-order chi connectivity index (χ1) is 7.57. The van der Waals surface area contributed by atoms with Crippen molar-refractivity contribution in [3.63, 3.8) is 0 Å². The quantitative estimate of drug-likeness (QED) is 0.745. The lowest BCUT2D eigenvalue weighted by molar-refractivity contribution is 0.418. The molecule has 1 aromatic rings. The Labute approximate surface area is 97.5 Å². The Morgan fingerprint density at radius 2 is 1.94 bits per heavy atom. The molecular weight excluding hydrogens is 198 g/mol. The molecule has 0 saturated carbocycles. The fraction of sp³-hybridized carbons (Fsp3) is 0.462. The standard InChI is InChI=1S/C13H19N3/c1-4-12(16-13(2,3)10-14)15-11-8-6-5-7-9-11/h5-9,12,15-16H,4H2,1-3H3. The second kappa shape index (κ2) is 5.53.